The highest BCUT2D eigenvalue weighted by Crippen LogP contribution is 2.05. The zero-order valence-corrected chi connectivity index (χ0v) is 6.90. The second-order valence-electron chi connectivity index (χ2n) is 1.19. The summed E-state index contributed by atoms with van der Waals surface area (Å²) >= 11 is 7.63. The third-order valence-corrected chi connectivity index (χ3v) is 1.88. The first kappa shape index (κ1) is 8.91. The van der Waals surface area contributed by atoms with Gasteiger partial charge in [0.2, 0.25) is 5.24 Å². The molecule has 0 bridgehead atoms. The summed E-state index contributed by atoms with van der Waals surface area (Å²) in [7, 11) is 1.18. The monoisotopic (exact) mass is 214 g/mol. The Labute approximate surface area is 65.4 Å². The Hall–Kier alpha value is -0.0900. The largest absolute Gasteiger partial charge is 0.468 e. The number of halogens is 2. The Morgan fingerprint density at radius 2 is 2.11 bits per heavy atom. The summed E-state index contributed by atoms with van der Waals surface area (Å²) in [5, 5.41) is -0.776. The van der Waals surface area contributed by atoms with E-state index in [4.69, 9.17) is 11.6 Å². The van der Waals surface area contributed by atoms with Crippen LogP contribution >= 0.6 is 27.5 Å². The van der Waals surface area contributed by atoms with Crippen LogP contribution in [0.2, 0.25) is 0 Å². The van der Waals surface area contributed by atoms with Crippen LogP contribution in [0.25, 0.3) is 0 Å². The third kappa shape index (κ3) is 2.81. The number of esters is 1. The van der Waals surface area contributed by atoms with Crippen LogP contribution < -0.4 is 0 Å². The quantitative estimate of drug-likeness (QED) is 0.295. The van der Waals surface area contributed by atoms with Gasteiger partial charge in [0.15, 0.2) is 4.83 Å². The van der Waals surface area contributed by atoms with Gasteiger partial charge in [-0.05, 0) is 11.6 Å². The van der Waals surface area contributed by atoms with Crippen molar-refractivity contribution in [2.24, 2.45) is 0 Å². The van der Waals surface area contributed by atoms with Crippen molar-refractivity contribution in [2.75, 3.05) is 7.11 Å². The van der Waals surface area contributed by atoms with Gasteiger partial charge in [-0.15, -0.1) is 0 Å². The van der Waals surface area contributed by atoms with E-state index in [1.807, 2.05) is 0 Å². The van der Waals surface area contributed by atoms with E-state index in [-0.39, 0.29) is 0 Å². The van der Waals surface area contributed by atoms with Crippen LogP contribution in [0.5, 0.6) is 0 Å². The maximum absolute atomic E-state index is 10.4. The fourth-order valence-corrected chi connectivity index (χ4v) is 0.472. The highest BCUT2D eigenvalue weighted by Gasteiger charge is 2.21. The summed E-state index contributed by atoms with van der Waals surface area (Å²) in [6.07, 6.45) is 0. The molecule has 0 N–H and O–H groups in total. The Balaban J connectivity index is 3.88. The van der Waals surface area contributed by atoms with Gasteiger partial charge in [-0.2, -0.15) is 0 Å². The standard InChI is InChI=1S/C4H4BrClO3/c1-9-4(8)2(5)3(6)7/h2H,1H3. The molecule has 0 fully saturated rings. The van der Waals surface area contributed by atoms with Crippen molar-refractivity contribution in [3.63, 3.8) is 0 Å². The van der Waals surface area contributed by atoms with Crippen molar-refractivity contribution in [3.05, 3.63) is 0 Å². The van der Waals surface area contributed by atoms with Gasteiger partial charge in [0, 0.05) is 0 Å². The van der Waals surface area contributed by atoms with E-state index >= 15 is 0 Å². The van der Waals surface area contributed by atoms with E-state index in [1.165, 1.54) is 7.11 Å². The molecule has 9 heavy (non-hydrogen) atoms. The first-order valence-electron chi connectivity index (χ1n) is 2.01. The maximum Gasteiger partial charge on any atom is 0.328 e. The molecular formula is C4H4BrClO3. The molecular weight excluding hydrogens is 211 g/mol. The first-order chi connectivity index (χ1) is 4.09. The smallest absolute Gasteiger partial charge is 0.328 e. The molecule has 0 aromatic rings. The number of rotatable bonds is 2. The zero-order chi connectivity index (χ0) is 7.44. The van der Waals surface area contributed by atoms with E-state index in [0.29, 0.717) is 0 Å². The van der Waals surface area contributed by atoms with Crippen molar-refractivity contribution < 1.29 is 14.3 Å². The van der Waals surface area contributed by atoms with Gasteiger partial charge in [-0.25, -0.2) is 0 Å². The molecule has 0 amide bonds. The molecule has 0 aromatic carbocycles. The van der Waals surface area contributed by atoms with E-state index < -0.39 is 16.0 Å². The molecule has 52 valence electrons. The molecule has 0 heterocycles. The number of alkyl halides is 1. The van der Waals surface area contributed by atoms with Crippen molar-refractivity contribution in [2.45, 2.75) is 4.83 Å². The van der Waals surface area contributed by atoms with Crippen LogP contribution in [0.3, 0.4) is 0 Å². The molecule has 0 saturated carbocycles. The van der Waals surface area contributed by atoms with Crippen LogP contribution in [0.1, 0.15) is 0 Å². The van der Waals surface area contributed by atoms with Crippen molar-refractivity contribution in [1.29, 1.82) is 0 Å². The number of methoxy groups -OCH3 is 1. The molecule has 0 aliphatic heterocycles. The van der Waals surface area contributed by atoms with Crippen LogP contribution in [0.4, 0.5) is 0 Å². The Morgan fingerprint density at radius 1 is 1.67 bits per heavy atom. The maximum atomic E-state index is 10.4. The summed E-state index contributed by atoms with van der Waals surface area (Å²) in [5.74, 6) is -0.685. The van der Waals surface area contributed by atoms with Crippen LogP contribution in [-0.4, -0.2) is 23.1 Å². The van der Waals surface area contributed by atoms with Gasteiger partial charge in [-0.3, -0.25) is 9.59 Å². The summed E-state index contributed by atoms with van der Waals surface area (Å²) in [5.41, 5.74) is 0. The van der Waals surface area contributed by atoms with Gasteiger partial charge in [-0.1, -0.05) is 15.9 Å². The van der Waals surface area contributed by atoms with Crippen molar-refractivity contribution >= 4 is 38.7 Å². The number of hydrogen-bond donors (Lipinski definition) is 0. The SMILES string of the molecule is COC(=O)C(Br)C(=O)Cl. The van der Waals surface area contributed by atoms with Gasteiger partial charge < -0.3 is 4.74 Å². The number of carbonyl (C=O) groups is 2. The topological polar surface area (TPSA) is 43.4 Å². The molecule has 5 heteroatoms. The molecule has 0 aromatic heterocycles. The third-order valence-electron chi connectivity index (χ3n) is 0.607. The molecule has 1 unspecified atom stereocenters. The fourth-order valence-electron chi connectivity index (χ4n) is 0.196. The molecule has 0 spiro atoms. The van der Waals surface area contributed by atoms with Crippen LogP contribution in [-0.2, 0) is 14.3 Å². The Morgan fingerprint density at radius 3 is 2.22 bits per heavy atom. The predicted octanol–water partition coefficient (Wildman–Crippen LogP) is 0.688. The van der Waals surface area contributed by atoms with E-state index in [2.05, 4.69) is 20.7 Å². The minimum absolute atomic E-state index is 0.685. The minimum Gasteiger partial charge on any atom is -0.468 e. The Kier molecular flexibility index (Phi) is 3.81. The lowest BCUT2D eigenvalue weighted by atomic mass is 10.5. The average molecular weight is 215 g/mol. The zero-order valence-electron chi connectivity index (χ0n) is 4.56. The molecule has 0 saturated heterocycles. The predicted molar refractivity (Wildman–Crippen MR) is 35.6 cm³/mol. The normalized spacial score (nSPS) is 12.3. The molecule has 0 radical (unpaired) electrons. The summed E-state index contributed by atoms with van der Waals surface area (Å²) in [6.45, 7) is 0. The van der Waals surface area contributed by atoms with Gasteiger partial charge in [0.1, 0.15) is 0 Å². The lowest BCUT2D eigenvalue weighted by Crippen LogP contribution is -2.21. The Bertz CT molecular complexity index is 136. The van der Waals surface area contributed by atoms with Crippen LogP contribution in [0, 0.1) is 0 Å². The summed E-state index contributed by atoms with van der Waals surface area (Å²) in [4.78, 5) is 19.5. The second-order valence-corrected chi connectivity index (χ2v) is 2.48. The fraction of sp³-hybridized carbons (Fsp3) is 0.500. The van der Waals surface area contributed by atoms with E-state index in [9.17, 15) is 9.59 Å². The van der Waals surface area contributed by atoms with E-state index in [1.54, 1.807) is 0 Å². The van der Waals surface area contributed by atoms with Crippen molar-refractivity contribution in [3.8, 4) is 0 Å². The van der Waals surface area contributed by atoms with Crippen LogP contribution in [0.15, 0.2) is 0 Å². The van der Waals surface area contributed by atoms with Gasteiger partial charge in [0.05, 0.1) is 7.11 Å². The first-order valence-corrected chi connectivity index (χ1v) is 3.30. The number of hydrogen-bond acceptors (Lipinski definition) is 3. The molecule has 0 aliphatic rings. The van der Waals surface area contributed by atoms with Crippen molar-refractivity contribution in [1.82, 2.24) is 0 Å². The summed E-state index contributed by atoms with van der Waals surface area (Å²) < 4.78 is 4.18. The van der Waals surface area contributed by atoms with Gasteiger partial charge >= 0.3 is 5.97 Å². The highest BCUT2D eigenvalue weighted by atomic mass is 79.9. The number of carbonyl (C=O) groups excluding carboxylic acids is 2. The second kappa shape index (κ2) is 3.85. The molecule has 0 aliphatic carbocycles. The average Bonchev–Trinajstić information content (AvgIpc) is 1.84. The minimum atomic E-state index is -1.04. The molecule has 3 nitrogen and oxygen atoms in total. The summed E-state index contributed by atoms with van der Waals surface area (Å²) in [6, 6.07) is 0. The molecule has 0 rings (SSSR count). The number of ether oxygens (including phenoxy) is 1. The van der Waals surface area contributed by atoms with Gasteiger partial charge in [0.25, 0.3) is 0 Å². The van der Waals surface area contributed by atoms with E-state index in [0.717, 1.165) is 0 Å². The highest BCUT2D eigenvalue weighted by molar-refractivity contribution is 9.10. The lowest BCUT2D eigenvalue weighted by molar-refractivity contribution is -0.141. The molecule has 1 atom stereocenters. The lowest BCUT2D eigenvalue weighted by Gasteiger charge is -1.98.